The minimum Gasteiger partial charge on any atom is -0.461 e. The number of carbonyl (C=O) groups is 3. The molecule has 0 bridgehead atoms. The van der Waals surface area contributed by atoms with Gasteiger partial charge in [0.1, 0.15) is 17.7 Å². The van der Waals surface area contributed by atoms with Crippen molar-refractivity contribution < 1.29 is 23.9 Å². The lowest BCUT2D eigenvalue weighted by Crippen LogP contribution is -2.43. The van der Waals surface area contributed by atoms with Crippen LogP contribution < -0.4 is 10.6 Å². The third-order valence-corrected chi connectivity index (χ3v) is 4.46. The molecule has 1 unspecified atom stereocenters. The minimum atomic E-state index is -0.796. The van der Waals surface area contributed by atoms with Crippen LogP contribution in [0.3, 0.4) is 0 Å². The summed E-state index contributed by atoms with van der Waals surface area (Å²) in [5, 5.41) is 5.12. The van der Waals surface area contributed by atoms with E-state index < -0.39 is 23.7 Å². The smallest absolute Gasteiger partial charge is 0.408 e. The summed E-state index contributed by atoms with van der Waals surface area (Å²) in [6.07, 6.45) is 8.53. The summed E-state index contributed by atoms with van der Waals surface area (Å²) in [6.45, 7) is 9.06. The fraction of sp³-hybridized carbons (Fsp3) is 0.864. The standard InChI is InChI=1S/C22H42N2O5/c1-7-8-9-10-11-12-14-18(15-13-16-19(25)23-6)28-20(26)17(2)24-21(27)29-22(3,4)5/h17-18H,7-16H2,1-6H3,(H,23,25)(H,24,27)/t17?,18-/m1/s1. The van der Waals surface area contributed by atoms with E-state index in [1.165, 1.54) is 25.7 Å². The van der Waals surface area contributed by atoms with E-state index in [4.69, 9.17) is 9.47 Å². The second-order valence-corrected chi connectivity index (χ2v) is 8.55. The molecule has 0 heterocycles. The van der Waals surface area contributed by atoms with Gasteiger partial charge in [-0.25, -0.2) is 9.59 Å². The number of amides is 2. The van der Waals surface area contributed by atoms with Gasteiger partial charge >= 0.3 is 12.1 Å². The third-order valence-electron chi connectivity index (χ3n) is 4.46. The Morgan fingerprint density at radius 1 is 0.931 bits per heavy atom. The Kier molecular flexibility index (Phi) is 14.2. The molecular formula is C22H42N2O5. The summed E-state index contributed by atoms with van der Waals surface area (Å²) in [5.41, 5.74) is -0.631. The van der Waals surface area contributed by atoms with Gasteiger partial charge in [-0.1, -0.05) is 39.0 Å². The van der Waals surface area contributed by atoms with Gasteiger partial charge in [-0.2, -0.15) is 0 Å². The number of rotatable bonds is 14. The van der Waals surface area contributed by atoms with Crippen molar-refractivity contribution in [2.45, 2.75) is 117 Å². The highest BCUT2D eigenvalue weighted by atomic mass is 16.6. The first-order valence-electron chi connectivity index (χ1n) is 11.0. The molecule has 29 heavy (non-hydrogen) atoms. The van der Waals surface area contributed by atoms with Crippen LogP contribution in [-0.2, 0) is 19.1 Å². The van der Waals surface area contributed by atoms with Crippen molar-refractivity contribution in [1.82, 2.24) is 10.6 Å². The Morgan fingerprint density at radius 3 is 2.10 bits per heavy atom. The first kappa shape index (κ1) is 27.2. The molecule has 0 spiro atoms. The molecule has 0 fully saturated rings. The predicted molar refractivity (Wildman–Crippen MR) is 115 cm³/mol. The second-order valence-electron chi connectivity index (χ2n) is 8.55. The van der Waals surface area contributed by atoms with Gasteiger partial charge in [0.2, 0.25) is 5.91 Å². The summed E-state index contributed by atoms with van der Waals surface area (Å²) >= 11 is 0. The summed E-state index contributed by atoms with van der Waals surface area (Å²) in [6, 6.07) is -0.796. The number of ether oxygens (including phenoxy) is 2. The molecule has 0 radical (unpaired) electrons. The summed E-state index contributed by atoms with van der Waals surface area (Å²) < 4.78 is 10.8. The lowest BCUT2D eigenvalue weighted by Gasteiger charge is -2.23. The number of alkyl carbamates (subject to hydrolysis) is 1. The molecule has 2 amide bonds. The summed E-state index contributed by atoms with van der Waals surface area (Å²) in [4.78, 5) is 35.7. The Bertz CT molecular complexity index is 488. The average Bonchev–Trinajstić information content (AvgIpc) is 2.62. The van der Waals surface area contributed by atoms with Gasteiger partial charge in [0, 0.05) is 13.5 Å². The topological polar surface area (TPSA) is 93.7 Å². The fourth-order valence-electron chi connectivity index (χ4n) is 2.84. The van der Waals surface area contributed by atoms with Gasteiger partial charge in [-0.3, -0.25) is 4.79 Å². The van der Waals surface area contributed by atoms with Gasteiger partial charge in [0.25, 0.3) is 0 Å². The van der Waals surface area contributed by atoms with Crippen molar-refractivity contribution in [3.8, 4) is 0 Å². The van der Waals surface area contributed by atoms with E-state index in [9.17, 15) is 14.4 Å². The molecular weight excluding hydrogens is 372 g/mol. The lowest BCUT2D eigenvalue weighted by atomic mass is 10.0. The van der Waals surface area contributed by atoms with Gasteiger partial charge in [-0.15, -0.1) is 0 Å². The van der Waals surface area contributed by atoms with Crippen LogP contribution in [0.4, 0.5) is 4.79 Å². The number of hydrogen-bond acceptors (Lipinski definition) is 5. The highest BCUT2D eigenvalue weighted by Gasteiger charge is 2.24. The van der Waals surface area contributed by atoms with Gasteiger partial charge in [0.05, 0.1) is 0 Å². The van der Waals surface area contributed by atoms with E-state index in [1.807, 2.05) is 0 Å². The Balaban J connectivity index is 4.53. The van der Waals surface area contributed by atoms with E-state index in [1.54, 1.807) is 34.7 Å². The molecule has 0 aliphatic rings. The van der Waals surface area contributed by atoms with Crippen molar-refractivity contribution in [3.63, 3.8) is 0 Å². The number of unbranched alkanes of at least 4 members (excludes halogenated alkanes) is 5. The largest absolute Gasteiger partial charge is 0.461 e. The zero-order valence-corrected chi connectivity index (χ0v) is 19.3. The van der Waals surface area contributed by atoms with Crippen LogP contribution >= 0.6 is 0 Å². The molecule has 0 aliphatic carbocycles. The molecule has 0 aromatic rings. The summed E-state index contributed by atoms with van der Waals surface area (Å²) in [5.74, 6) is -0.499. The van der Waals surface area contributed by atoms with Crippen molar-refractivity contribution in [3.05, 3.63) is 0 Å². The normalized spacial score (nSPS) is 13.3. The fourth-order valence-corrected chi connectivity index (χ4v) is 2.84. The predicted octanol–water partition coefficient (Wildman–Crippen LogP) is 4.48. The van der Waals surface area contributed by atoms with Crippen molar-refractivity contribution in [2.75, 3.05) is 7.05 Å². The molecule has 0 saturated carbocycles. The molecule has 0 saturated heterocycles. The lowest BCUT2D eigenvalue weighted by molar-refractivity contribution is -0.152. The molecule has 0 rings (SSSR count). The van der Waals surface area contributed by atoms with Crippen molar-refractivity contribution in [2.24, 2.45) is 0 Å². The van der Waals surface area contributed by atoms with E-state index in [0.717, 1.165) is 19.3 Å². The molecule has 2 atom stereocenters. The maximum absolute atomic E-state index is 12.4. The first-order chi connectivity index (χ1) is 13.6. The molecule has 7 heteroatoms. The maximum atomic E-state index is 12.4. The number of hydrogen-bond donors (Lipinski definition) is 2. The van der Waals surface area contributed by atoms with Crippen LogP contribution in [0.15, 0.2) is 0 Å². The molecule has 7 nitrogen and oxygen atoms in total. The van der Waals surface area contributed by atoms with E-state index in [2.05, 4.69) is 17.6 Å². The van der Waals surface area contributed by atoms with E-state index in [0.29, 0.717) is 19.3 Å². The SMILES string of the molecule is CCCCCCCC[C@H](CCCC(=O)NC)OC(=O)C(C)NC(=O)OC(C)(C)C. The number of nitrogens with one attached hydrogen (secondary N) is 2. The third kappa shape index (κ3) is 15.8. The van der Waals surface area contributed by atoms with Gasteiger partial charge in [0.15, 0.2) is 0 Å². The van der Waals surface area contributed by atoms with Crippen molar-refractivity contribution >= 4 is 18.0 Å². The zero-order chi connectivity index (χ0) is 22.3. The summed E-state index contributed by atoms with van der Waals surface area (Å²) in [7, 11) is 1.61. The molecule has 2 N–H and O–H groups in total. The van der Waals surface area contributed by atoms with Gasteiger partial charge in [-0.05, 0) is 53.4 Å². The Hall–Kier alpha value is -1.79. The maximum Gasteiger partial charge on any atom is 0.408 e. The molecule has 0 aromatic carbocycles. The number of carbonyl (C=O) groups excluding carboxylic acids is 3. The average molecular weight is 415 g/mol. The van der Waals surface area contributed by atoms with E-state index in [-0.39, 0.29) is 12.0 Å². The van der Waals surface area contributed by atoms with Crippen LogP contribution in [-0.4, -0.2) is 42.8 Å². The second kappa shape index (κ2) is 15.1. The molecule has 0 aromatic heterocycles. The monoisotopic (exact) mass is 414 g/mol. The van der Waals surface area contributed by atoms with Crippen LogP contribution in [0, 0.1) is 0 Å². The first-order valence-corrected chi connectivity index (χ1v) is 11.0. The van der Waals surface area contributed by atoms with E-state index >= 15 is 0 Å². The van der Waals surface area contributed by atoms with Gasteiger partial charge < -0.3 is 20.1 Å². The van der Waals surface area contributed by atoms with Crippen LogP contribution in [0.25, 0.3) is 0 Å². The van der Waals surface area contributed by atoms with Crippen LogP contribution in [0.5, 0.6) is 0 Å². The zero-order valence-electron chi connectivity index (χ0n) is 19.3. The Morgan fingerprint density at radius 2 is 1.52 bits per heavy atom. The minimum absolute atomic E-state index is 0.0189. The highest BCUT2D eigenvalue weighted by molar-refractivity contribution is 5.81. The molecule has 0 aliphatic heterocycles. The quantitative estimate of drug-likeness (QED) is 0.323. The van der Waals surface area contributed by atoms with Crippen molar-refractivity contribution in [1.29, 1.82) is 0 Å². The van der Waals surface area contributed by atoms with Crippen LogP contribution in [0.1, 0.15) is 98.8 Å². The highest BCUT2D eigenvalue weighted by Crippen LogP contribution is 2.16. The molecule has 170 valence electrons. The van der Waals surface area contributed by atoms with Crippen LogP contribution in [0.2, 0.25) is 0 Å². The Labute approximate surface area is 176 Å². The number of esters is 1.